The fourth-order valence-electron chi connectivity index (χ4n) is 4.27. The quantitative estimate of drug-likeness (QED) is 0.725. The summed E-state index contributed by atoms with van der Waals surface area (Å²) in [4.78, 5) is 2.79. The van der Waals surface area contributed by atoms with Crippen molar-refractivity contribution in [2.45, 2.75) is 56.5 Å². The van der Waals surface area contributed by atoms with Crippen LogP contribution in [0.15, 0.2) is 0 Å². The van der Waals surface area contributed by atoms with Crippen LogP contribution in [0, 0.1) is 5.92 Å². The first-order valence-corrected chi connectivity index (χ1v) is 6.31. The molecule has 1 heterocycles. The van der Waals surface area contributed by atoms with E-state index in [1.54, 1.807) is 0 Å². The van der Waals surface area contributed by atoms with Crippen molar-refractivity contribution in [1.29, 1.82) is 0 Å². The molecule has 80 valence electrons. The predicted octanol–water partition coefficient (Wildman–Crippen LogP) is 1.74. The number of rotatable bonds is 2. The summed E-state index contributed by atoms with van der Waals surface area (Å²) in [5.41, 5.74) is 6.49. The molecular formula is C12H22N2. The van der Waals surface area contributed by atoms with Crippen LogP contribution in [-0.4, -0.2) is 29.6 Å². The Labute approximate surface area is 86.8 Å². The van der Waals surface area contributed by atoms with E-state index in [2.05, 4.69) is 4.90 Å². The molecule has 1 aliphatic heterocycles. The number of nitrogens with zero attached hydrogens (tertiary/aromatic N) is 1. The van der Waals surface area contributed by atoms with E-state index in [-0.39, 0.29) is 0 Å². The monoisotopic (exact) mass is 194 g/mol. The maximum atomic E-state index is 5.88. The van der Waals surface area contributed by atoms with E-state index in [1.807, 2.05) is 0 Å². The smallest absolute Gasteiger partial charge is 0.0224 e. The van der Waals surface area contributed by atoms with Crippen LogP contribution in [0.25, 0.3) is 0 Å². The van der Waals surface area contributed by atoms with E-state index in [1.165, 1.54) is 51.5 Å². The van der Waals surface area contributed by atoms with E-state index in [9.17, 15) is 0 Å². The van der Waals surface area contributed by atoms with Crippen molar-refractivity contribution in [2.75, 3.05) is 13.1 Å². The molecule has 0 aromatic carbocycles. The van der Waals surface area contributed by atoms with Gasteiger partial charge in [0.05, 0.1) is 0 Å². The van der Waals surface area contributed by atoms with Crippen molar-refractivity contribution in [2.24, 2.45) is 11.7 Å². The first-order chi connectivity index (χ1) is 6.84. The van der Waals surface area contributed by atoms with Gasteiger partial charge in [-0.05, 0) is 57.4 Å². The molecule has 2 nitrogen and oxygen atoms in total. The summed E-state index contributed by atoms with van der Waals surface area (Å²) in [5, 5.41) is 0. The largest absolute Gasteiger partial charge is 0.329 e. The van der Waals surface area contributed by atoms with Crippen LogP contribution in [0.2, 0.25) is 0 Å². The van der Waals surface area contributed by atoms with E-state index < -0.39 is 0 Å². The van der Waals surface area contributed by atoms with Crippen LogP contribution in [0.5, 0.6) is 0 Å². The second-order valence-corrected chi connectivity index (χ2v) is 5.60. The normalized spacial score (nSPS) is 47.8. The van der Waals surface area contributed by atoms with Crippen LogP contribution >= 0.6 is 0 Å². The Morgan fingerprint density at radius 1 is 1.21 bits per heavy atom. The maximum Gasteiger partial charge on any atom is 0.0224 e. The lowest BCUT2D eigenvalue weighted by molar-refractivity contribution is 0.0842. The van der Waals surface area contributed by atoms with Gasteiger partial charge in [0.25, 0.3) is 0 Å². The number of likely N-dealkylation sites (tertiary alicyclic amines) is 1. The Bertz CT molecular complexity index is 218. The molecule has 2 heteroatoms. The van der Waals surface area contributed by atoms with Crippen molar-refractivity contribution >= 4 is 0 Å². The average Bonchev–Trinajstić information content (AvgIpc) is 2.93. The molecule has 2 bridgehead atoms. The van der Waals surface area contributed by atoms with Gasteiger partial charge in [-0.15, -0.1) is 0 Å². The summed E-state index contributed by atoms with van der Waals surface area (Å²) >= 11 is 0. The first-order valence-electron chi connectivity index (χ1n) is 6.31. The number of hydrogen-bond donors (Lipinski definition) is 1. The Balaban J connectivity index is 1.80. The minimum atomic E-state index is 0.616. The van der Waals surface area contributed by atoms with Gasteiger partial charge in [0, 0.05) is 18.1 Å². The lowest BCUT2D eigenvalue weighted by atomic mass is 9.91. The van der Waals surface area contributed by atoms with Crippen LogP contribution in [0.3, 0.4) is 0 Å². The van der Waals surface area contributed by atoms with Crippen molar-refractivity contribution in [3.8, 4) is 0 Å². The lowest BCUT2D eigenvalue weighted by Gasteiger charge is -2.41. The van der Waals surface area contributed by atoms with Crippen LogP contribution in [0.4, 0.5) is 0 Å². The average molecular weight is 194 g/mol. The molecule has 0 spiro atoms. The molecule has 0 amide bonds. The zero-order chi connectivity index (χ0) is 9.60. The Morgan fingerprint density at radius 3 is 2.57 bits per heavy atom. The van der Waals surface area contributed by atoms with Crippen LogP contribution in [-0.2, 0) is 0 Å². The molecule has 3 aliphatic rings. The third-order valence-corrected chi connectivity index (χ3v) is 4.96. The lowest BCUT2D eigenvalue weighted by Crippen LogP contribution is -2.50. The summed E-state index contributed by atoms with van der Waals surface area (Å²) in [6.07, 6.45) is 10.1. The summed E-state index contributed by atoms with van der Waals surface area (Å²) in [7, 11) is 0. The number of nitrogens with two attached hydrogens (primary N) is 1. The third-order valence-electron chi connectivity index (χ3n) is 4.96. The maximum absolute atomic E-state index is 5.88. The first kappa shape index (κ1) is 9.17. The zero-order valence-electron chi connectivity index (χ0n) is 9.04. The van der Waals surface area contributed by atoms with Gasteiger partial charge in [0.2, 0.25) is 0 Å². The van der Waals surface area contributed by atoms with Crippen molar-refractivity contribution in [3.05, 3.63) is 0 Å². The topological polar surface area (TPSA) is 29.3 Å². The second-order valence-electron chi connectivity index (χ2n) is 5.60. The predicted molar refractivity (Wildman–Crippen MR) is 58.1 cm³/mol. The fraction of sp³-hybridized carbons (Fsp3) is 1.00. The Morgan fingerprint density at radius 2 is 2.00 bits per heavy atom. The molecule has 14 heavy (non-hydrogen) atoms. The standard InChI is InChI=1S/C12H22N2/c13-9-11-2-1-7-14(11)12-5-3-10(8-12)4-6-12/h10-11H,1-9,13H2. The highest BCUT2D eigenvalue weighted by Gasteiger charge is 2.50. The molecule has 1 saturated heterocycles. The second kappa shape index (κ2) is 3.21. The Hall–Kier alpha value is -0.0800. The fourth-order valence-corrected chi connectivity index (χ4v) is 4.27. The molecule has 0 radical (unpaired) electrons. The van der Waals surface area contributed by atoms with E-state index in [0.29, 0.717) is 11.6 Å². The van der Waals surface area contributed by atoms with Gasteiger partial charge in [-0.25, -0.2) is 0 Å². The van der Waals surface area contributed by atoms with Crippen molar-refractivity contribution in [3.63, 3.8) is 0 Å². The minimum absolute atomic E-state index is 0.616. The van der Waals surface area contributed by atoms with Gasteiger partial charge in [0.1, 0.15) is 0 Å². The van der Waals surface area contributed by atoms with Crippen molar-refractivity contribution < 1.29 is 0 Å². The molecule has 2 N–H and O–H groups in total. The highest BCUT2D eigenvalue weighted by atomic mass is 15.3. The van der Waals surface area contributed by atoms with Crippen molar-refractivity contribution in [1.82, 2.24) is 4.90 Å². The molecule has 2 saturated carbocycles. The van der Waals surface area contributed by atoms with E-state index in [0.717, 1.165) is 12.5 Å². The molecule has 1 unspecified atom stereocenters. The molecular weight excluding hydrogens is 172 g/mol. The number of hydrogen-bond acceptors (Lipinski definition) is 2. The molecule has 0 aromatic rings. The zero-order valence-corrected chi connectivity index (χ0v) is 9.04. The minimum Gasteiger partial charge on any atom is -0.329 e. The highest BCUT2D eigenvalue weighted by Crippen LogP contribution is 2.52. The van der Waals surface area contributed by atoms with Gasteiger partial charge >= 0.3 is 0 Å². The number of fused-ring (bicyclic) bond motifs is 2. The van der Waals surface area contributed by atoms with Crippen LogP contribution in [0.1, 0.15) is 44.9 Å². The summed E-state index contributed by atoms with van der Waals surface area (Å²) < 4.78 is 0. The highest BCUT2D eigenvalue weighted by molar-refractivity contribution is 5.06. The molecule has 0 aromatic heterocycles. The van der Waals surface area contributed by atoms with E-state index in [4.69, 9.17) is 5.73 Å². The summed E-state index contributed by atoms with van der Waals surface area (Å²) in [5.74, 6) is 1.06. The molecule has 1 atom stereocenters. The van der Waals surface area contributed by atoms with E-state index >= 15 is 0 Å². The Kier molecular flexibility index (Phi) is 2.10. The van der Waals surface area contributed by atoms with Gasteiger partial charge in [0.15, 0.2) is 0 Å². The summed E-state index contributed by atoms with van der Waals surface area (Å²) in [6, 6.07) is 0.715. The van der Waals surface area contributed by atoms with Gasteiger partial charge in [-0.2, -0.15) is 0 Å². The molecule has 2 aliphatic carbocycles. The van der Waals surface area contributed by atoms with Crippen LogP contribution < -0.4 is 5.73 Å². The third kappa shape index (κ3) is 1.17. The molecule has 3 fully saturated rings. The van der Waals surface area contributed by atoms with Gasteiger partial charge in [-0.1, -0.05) is 0 Å². The van der Waals surface area contributed by atoms with Gasteiger partial charge < -0.3 is 5.73 Å². The SMILES string of the molecule is NCC1CCCN1C12CCC(CC1)C2. The van der Waals surface area contributed by atoms with Gasteiger partial charge in [-0.3, -0.25) is 4.90 Å². The summed E-state index contributed by atoms with van der Waals surface area (Å²) in [6.45, 7) is 2.21. The molecule has 3 rings (SSSR count).